The van der Waals surface area contributed by atoms with Gasteiger partial charge >= 0.3 is 0 Å². The van der Waals surface area contributed by atoms with Gasteiger partial charge in [-0.05, 0) is 30.9 Å². The maximum Gasteiger partial charge on any atom is 0.236 e. The number of aliphatic hydroxyl groups is 1. The summed E-state index contributed by atoms with van der Waals surface area (Å²) in [6.45, 7) is 0.221. The minimum Gasteiger partial charge on any atom is -0.396 e. The predicted octanol–water partition coefficient (Wildman–Crippen LogP) is 4.25. The van der Waals surface area contributed by atoms with Crippen molar-refractivity contribution in [3.63, 3.8) is 0 Å². The quantitative estimate of drug-likeness (QED) is 0.487. The summed E-state index contributed by atoms with van der Waals surface area (Å²) in [5, 5.41) is 10.5. The molecule has 2 aromatic carbocycles. The average Bonchev–Trinajstić information content (AvgIpc) is 3.11. The van der Waals surface area contributed by atoms with Gasteiger partial charge < -0.3 is 5.11 Å². The normalized spacial score (nSPS) is 26.2. The maximum absolute atomic E-state index is 9.45. The Bertz CT molecular complexity index is 1330. The summed E-state index contributed by atoms with van der Waals surface area (Å²) in [5.41, 5.74) is 5.65. The molecule has 0 amide bonds. The van der Waals surface area contributed by atoms with Gasteiger partial charge in [-0.15, -0.1) is 4.59 Å². The number of quaternary nitrogens is 1. The van der Waals surface area contributed by atoms with Crippen LogP contribution < -0.4 is 5.84 Å². The Labute approximate surface area is 186 Å². The summed E-state index contributed by atoms with van der Waals surface area (Å²) in [7, 11) is 0. The van der Waals surface area contributed by atoms with Crippen LogP contribution >= 0.6 is 0 Å². The van der Waals surface area contributed by atoms with Crippen LogP contribution in [-0.2, 0) is 0 Å². The number of hydrogen-bond donors (Lipinski definition) is 2. The lowest BCUT2D eigenvalue weighted by atomic mass is 9.74. The number of fused-ring (bicyclic) bond motifs is 2. The third kappa shape index (κ3) is 2.96. The number of allylic oxidation sites excluding steroid dienone is 1. The first-order chi connectivity index (χ1) is 15.7. The average molecular weight is 423 g/mol. The van der Waals surface area contributed by atoms with Crippen LogP contribution in [0.25, 0.3) is 27.9 Å². The van der Waals surface area contributed by atoms with Gasteiger partial charge in [0, 0.05) is 23.1 Å². The van der Waals surface area contributed by atoms with E-state index >= 15 is 0 Å². The third-order valence-electron chi connectivity index (χ3n) is 6.73. The van der Waals surface area contributed by atoms with Crippen LogP contribution in [0.4, 0.5) is 0 Å². The van der Waals surface area contributed by atoms with Crippen LogP contribution in [0.5, 0.6) is 0 Å². The van der Waals surface area contributed by atoms with Gasteiger partial charge in [-0.3, -0.25) is 4.99 Å². The molecule has 1 unspecified atom stereocenters. The molecule has 6 nitrogen and oxygen atoms in total. The second kappa shape index (κ2) is 7.31. The minimum absolute atomic E-state index is 0.0666. The Morgan fingerprint density at radius 1 is 1.00 bits per heavy atom. The van der Waals surface area contributed by atoms with Gasteiger partial charge in [-0.25, -0.2) is 4.98 Å². The van der Waals surface area contributed by atoms with Crippen LogP contribution in [0.15, 0.2) is 88.7 Å². The summed E-state index contributed by atoms with van der Waals surface area (Å²) in [6.07, 6.45) is 7.26. The second-order valence-electron chi connectivity index (χ2n) is 8.74. The Hall–Kier alpha value is -3.45. The molecule has 0 bridgehead atoms. The molecule has 158 valence electrons. The Morgan fingerprint density at radius 3 is 2.62 bits per heavy atom. The van der Waals surface area contributed by atoms with Crippen molar-refractivity contribution >= 4 is 28.7 Å². The number of nitrogens with zero attached hydrogens (tertiary/aromatic N) is 4. The zero-order chi connectivity index (χ0) is 21.7. The summed E-state index contributed by atoms with van der Waals surface area (Å²) in [4.78, 5) is 14.3. The minimum atomic E-state index is 0.0666. The smallest absolute Gasteiger partial charge is 0.236 e. The molecule has 3 aliphatic rings. The molecule has 1 atom stereocenters. The van der Waals surface area contributed by atoms with E-state index in [-0.39, 0.29) is 17.1 Å². The SMILES string of the molecule is N[N+]12C=CN=CC1=C(c1ccc3ccc(-c4ccccc4)nc3c1)N=C2C1CC(CO)C1. The molecule has 32 heavy (non-hydrogen) atoms. The lowest BCUT2D eigenvalue weighted by Gasteiger charge is -2.37. The molecule has 1 saturated carbocycles. The predicted molar refractivity (Wildman–Crippen MR) is 127 cm³/mol. The highest BCUT2D eigenvalue weighted by molar-refractivity contribution is 6.02. The van der Waals surface area contributed by atoms with Crippen molar-refractivity contribution in [1.82, 2.24) is 4.98 Å². The van der Waals surface area contributed by atoms with Crippen molar-refractivity contribution in [1.29, 1.82) is 0 Å². The molecule has 6 heteroatoms. The summed E-state index contributed by atoms with van der Waals surface area (Å²) in [6, 6.07) is 20.6. The second-order valence-corrected chi connectivity index (χ2v) is 8.74. The molecule has 3 heterocycles. The molecule has 2 aliphatic heterocycles. The molecular weight excluding hydrogens is 398 g/mol. The molecule has 1 aromatic heterocycles. The topological polar surface area (TPSA) is 83.9 Å². The molecule has 3 aromatic rings. The number of aliphatic imine (C=N–C) groups is 2. The molecule has 0 spiro atoms. The molecule has 0 radical (unpaired) electrons. The fraction of sp³-hybridized carbons (Fsp3) is 0.192. The number of pyridine rings is 1. The van der Waals surface area contributed by atoms with Crippen LogP contribution in [-0.4, -0.2) is 33.3 Å². The summed E-state index contributed by atoms with van der Waals surface area (Å²) in [5.74, 6) is 8.37. The Morgan fingerprint density at radius 2 is 1.81 bits per heavy atom. The van der Waals surface area contributed by atoms with Crippen molar-refractivity contribution in [3.8, 4) is 11.3 Å². The van der Waals surface area contributed by atoms with Crippen LogP contribution in [0.3, 0.4) is 0 Å². The molecule has 6 rings (SSSR count). The van der Waals surface area contributed by atoms with E-state index in [0.29, 0.717) is 5.92 Å². The number of nitrogens with two attached hydrogens (primary N) is 1. The van der Waals surface area contributed by atoms with Gasteiger partial charge in [0.2, 0.25) is 11.5 Å². The number of benzene rings is 2. The van der Waals surface area contributed by atoms with E-state index in [2.05, 4.69) is 47.5 Å². The van der Waals surface area contributed by atoms with Crippen LogP contribution in [0.1, 0.15) is 18.4 Å². The highest BCUT2D eigenvalue weighted by Gasteiger charge is 2.50. The molecule has 0 saturated heterocycles. The zero-order valence-corrected chi connectivity index (χ0v) is 17.6. The Kier molecular flexibility index (Phi) is 4.40. The monoisotopic (exact) mass is 422 g/mol. The van der Waals surface area contributed by atoms with Gasteiger partial charge in [-0.2, -0.15) is 10.8 Å². The lowest BCUT2D eigenvalue weighted by molar-refractivity contribution is -0.754. The number of aromatic nitrogens is 1. The standard InChI is InChI=1S/C26H24N5O/c27-31-11-10-28-15-24(31)25(30-26(31)21-12-17(13-21)16-32)20-7-6-19-8-9-22(29-23(19)14-20)18-4-2-1-3-5-18/h1-11,14-15,17,21,32H,12-13,16,27H2/q+1. The third-order valence-corrected chi connectivity index (χ3v) is 6.73. The molecule has 1 aliphatic carbocycles. The number of amidine groups is 1. The van der Waals surface area contributed by atoms with E-state index in [1.165, 1.54) is 0 Å². The summed E-state index contributed by atoms with van der Waals surface area (Å²) < 4.78 is 0.0666. The van der Waals surface area contributed by atoms with Gasteiger partial charge in [0.1, 0.15) is 11.9 Å². The number of rotatable bonds is 4. The number of aliphatic hydroxyl groups excluding tert-OH is 1. The van der Waals surface area contributed by atoms with Gasteiger partial charge in [0.25, 0.3) is 0 Å². The van der Waals surface area contributed by atoms with Crippen LogP contribution in [0, 0.1) is 11.8 Å². The van der Waals surface area contributed by atoms with Crippen LogP contribution in [0.2, 0.25) is 0 Å². The number of hydrogen-bond acceptors (Lipinski definition) is 5. The zero-order valence-electron chi connectivity index (χ0n) is 17.6. The van der Waals surface area contributed by atoms with E-state index < -0.39 is 0 Å². The van der Waals surface area contributed by atoms with Crippen molar-refractivity contribution < 1.29 is 9.70 Å². The van der Waals surface area contributed by atoms with Gasteiger partial charge in [0.15, 0.2) is 0 Å². The molecule has 3 N–H and O–H groups in total. The maximum atomic E-state index is 9.45. The van der Waals surface area contributed by atoms with E-state index in [0.717, 1.165) is 57.8 Å². The fourth-order valence-electron chi connectivity index (χ4n) is 4.86. The fourth-order valence-corrected chi connectivity index (χ4v) is 4.86. The first-order valence-electron chi connectivity index (χ1n) is 11.0. The lowest BCUT2D eigenvalue weighted by Crippen LogP contribution is -2.57. The largest absolute Gasteiger partial charge is 0.396 e. The highest BCUT2D eigenvalue weighted by Crippen LogP contribution is 2.43. The van der Waals surface area contributed by atoms with Gasteiger partial charge in [0.05, 0.1) is 29.5 Å². The van der Waals surface area contributed by atoms with Crippen molar-refractivity contribution in [3.05, 3.63) is 84.3 Å². The van der Waals surface area contributed by atoms with Crippen molar-refractivity contribution in [2.45, 2.75) is 12.8 Å². The van der Waals surface area contributed by atoms with Gasteiger partial charge in [-0.1, -0.05) is 48.5 Å². The van der Waals surface area contributed by atoms with E-state index in [1.807, 2.05) is 30.6 Å². The van der Waals surface area contributed by atoms with E-state index in [1.54, 1.807) is 6.20 Å². The van der Waals surface area contributed by atoms with Crippen molar-refractivity contribution in [2.75, 3.05) is 6.61 Å². The molecular formula is C26H24N5O+. The summed E-state index contributed by atoms with van der Waals surface area (Å²) >= 11 is 0. The first-order valence-corrected chi connectivity index (χ1v) is 11.0. The Balaban J connectivity index is 1.44. The highest BCUT2D eigenvalue weighted by atomic mass is 16.3. The van der Waals surface area contributed by atoms with E-state index in [4.69, 9.17) is 15.8 Å². The first kappa shape index (κ1) is 19.3. The van der Waals surface area contributed by atoms with E-state index in [9.17, 15) is 5.11 Å². The molecule has 1 fully saturated rings. The van der Waals surface area contributed by atoms with Crippen molar-refractivity contribution in [2.24, 2.45) is 27.7 Å².